The molecule has 2 unspecified atom stereocenters. The number of benzene rings is 1. The molecule has 18 heavy (non-hydrogen) atoms. The molecule has 0 bridgehead atoms. The number of aromatic hydroxyl groups is 1. The molecule has 0 radical (unpaired) electrons. The number of ether oxygens (including phenoxy) is 1. The second-order valence-corrected chi connectivity index (χ2v) is 5.37. The number of hydrogen-bond acceptors (Lipinski definition) is 3. The topological polar surface area (TPSA) is 46.5 Å². The number of carbonyl (C=O) groups excluding carboxylic acids is 1. The van der Waals surface area contributed by atoms with Crippen LogP contribution >= 0.6 is 0 Å². The first-order chi connectivity index (χ1) is 8.53. The molecule has 1 aromatic carbocycles. The van der Waals surface area contributed by atoms with Crippen LogP contribution in [-0.4, -0.2) is 16.7 Å². The monoisotopic (exact) mass is 248 g/mol. The molecule has 1 fully saturated rings. The van der Waals surface area contributed by atoms with Gasteiger partial charge in [0.1, 0.15) is 16.9 Å². The summed E-state index contributed by atoms with van der Waals surface area (Å²) in [5.41, 5.74) is -0.158. The molecular weight excluding hydrogens is 228 g/mol. The van der Waals surface area contributed by atoms with Crippen molar-refractivity contribution in [3.05, 3.63) is 29.8 Å². The molecule has 1 aliphatic rings. The van der Waals surface area contributed by atoms with Crippen molar-refractivity contribution >= 4 is 5.97 Å². The zero-order valence-electron chi connectivity index (χ0n) is 11.0. The van der Waals surface area contributed by atoms with Crippen LogP contribution in [0.3, 0.4) is 0 Å². The summed E-state index contributed by atoms with van der Waals surface area (Å²) in [6, 6.07) is 6.51. The Hall–Kier alpha value is -1.51. The minimum atomic E-state index is -0.427. The highest BCUT2D eigenvalue weighted by Gasteiger charge is 2.37. The van der Waals surface area contributed by atoms with Gasteiger partial charge in [0.25, 0.3) is 0 Å². The summed E-state index contributed by atoms with van der Waals surface area (Å²) in [5, 5.41) is 9.66. The van der Waals surface area contributed by atoms with Gasteiger partial charge < -0.3 is 9.84 Å². The van der Waals surface area contributed by atoms with Gasteiger partial charge in [-0.25, -0.2) is 4.79 Å². The zero-order chi connectivity index (χ0) is 13.2. The Morgan fingerprint density at radius 2 is 2.11 bits per heavy atom. The predicted octanol–water partition coefficient (Wildman–Crippen LogP) is 3.52. The predicted molar refractivity (Wildman–Crippen MR) is 69.6 cm³/mol. The van der Waals surface area contributed by atoms with Crippen molar-refractivity contribution < 1.29 is 14.6 Å². The average Bonchev–Trinajstić information content (AvgIpc) is 2.33. The Kier molecular flexibility index (Phi) is 3.60. The van der Waals surface area contributed by atoms with Crippen LogP contribution in [0, 0.1) is 5.92 Å². The van der Waals surface area contributed by atoms with E-state index in [4.69, 9.17) is 4.74 Å². The molecule has 2 rings (SSSR count). The van der Waals surface area contributed by atoms with Crippen molar-refractivity contribution in [2.45, 2.75) is 45.1 Å². The Morgan fingerprint density at radius 3 is 2.78 bits per heavy atom. The Morgan fingerprint density at radius 1 is 1.39 bits per heavy atom. The Balaban J connectivity index is 2.14. The van der Waals surface area contributed by atoms with E-state index in [9.17, 15) is 9.90 Å². The van der Waals surface area contributed by atoms with Gasteiger partial charge in [0.15, 0.2) is 0 Å². The quantitative estimate of drug-likeness (QED) is 0.814. The molecule has 0 amide bonds. The van der Waals surface area contributed by atoms with Crippen LogP contribution in [0.2, 0.25) is 0 Å². The van der Waals surface area contributed by atoms with Gasteiger partial charge in [0.2, 0.25) is 0 Å². The number of carbonyl (C=O) groups is 1. The lowest BCUT2D eigenvalue weighted by Gasteiger charge is -2.39. The summed E-state index contributed by atoms with van der Waals surface area (Å²) in [6.45, 7) is 4.12. The van der Waals surface area contributed by atoms with Crippen LogP contribution in [0.15, 0.2) is 24.3 Å². The molecule has 0 aromatic heterocycles. The van der Waals surface area contributed by atoms with Crippen LogP contribution < -0.4 is 0 Å². The van der Waals surface area contributed by atoms with E-state index in [0.717, 1.165) is 19.3 Å². The number of esters is 1. The fourth-order valence-corrected chi connectivity index (χ4v) is 2.54. The van der Waals surface area contributed by atoms with Crippen LogP contribution in [0.25, 0.3) is 0 Å². The van der Waals surface area contributed by atoms with Crippen LogP contribution in [-0.2, 0) is 4.74 Å². The molecule has 1 aliphatic carbocycles. The number of hydrogen-bond donors (Lipinski definition) is 1. The van der Waals surface area contributed by atoms with E-state index in [0.29, 0.717) is 5.92 Å². The minimum absolute atomic E-state index is 0.0189. The second-order valence-electron chi connectivity index (χ2n) is 5.37. The molecule has 0 heterocycles. The van der Waals surface area contributed by atoms with E-state index in [1.54, 1.807) is 18.2 Å². The fraction of sp³-hybridized carbons (Fsp3) is 0.533. The maximum Gasteiger partial charge on any atom is 0.342 e. The average molecular weight is 248 g/mol. The van der Waals surface area contributed by atoms with Crippen molar-refractivity contribution in [1.29, 1.82) is 0 Å². The van der Waals surface area contributed by atoms with Gasteiger partial charge in [-0.15, -0.1) is 0 Å². The van der Waals surface area contributed by atoms with Gasteiger partial charge in [-0.3, -0.25) is 0 Å². The number of phenolic OH excluding ortho intramolecular Hbond substituents is 1. The van der Waals surface area contributed by atoms with E-state index in [1.165, 1.54) is 12.5 Å². The maximum absolute atomic E-state index is 12.1. The molecule has 0 aliphatic heterocycles. The lowest BCUT2D eigenvalue weighted by molar-refractivity contribution is -0.0551. The summed E-state index contributed by atoms with van der Waals surface area (Å²) in [7, 11) is 0. The molecule has 3 nitrogen and oxygen atoms in total. The van der Waals surface area contributed by atoms with Gasteiger partial charge in [-0.05, 0) is 44.2 Å². The van der Waals surface area contributed by atoms with E-state index in [2.05, 4.69) is 6.92 Å². The third kappa shape index (κ3) is 2.50. The van der Waals surface area contributed by atoms with Crippen molar-refractivity contribution in [3.8, 4) is 5.75 Å². The van der Waals surface area contributed by atoms with Crippen molar-refractivity contribution in [3.63, 3.8) is 0 Å². The first kappa shape index (κ1) is 12.9. The molecule has 3 heteroatoms. The molecule has 1 N–H and O–H groups in total. The number of rotatable bonds is 2. The highest BCUT2D eigenvalue weighted by atomic mass is 16.6. The third-order valence-electron chi connectivity index (χ3n) is 4.05. The summed E-state index contributed by atoms with van der Waals surface area (Å²) < 4.78 is 5.66. The van der Waals surface area contributed by atoms with Crippen molar-refractivity contribution in [1.82, 2.24) is 0 Å². The molecule has 98 valence electrons. The smallest absolute Gasteiger partial charge is 0.342 e. The standard InChI is InChI=1S/C15H20O3/c1-11-7-5-6-10-15(11,2)18-14(17)12-8-3-4-9-13(12)16/h3-4,8-9,11,16H,5-7,10H2,1-2H3. The first-order valence-corrected chi connectivity index (χ1v) is 6.54. The largest absolute Gasteiger partial charge is 0.507 e. The summed E-state index contributed by atoms with van der Waals surface area (Å²) in [5.74, 6) is -0.0834. The van der Waals surface area contributed by atoms with Crippen molar-refractivity contribution in [2.24, 2.45) is 5.92 Å². The zero-order valence-corrected chi connectivity index (χ0v) is 11.0. The van der Waals surface area contributed by atoms with Gasteiger partial charge in [-0.1, -0.05) is 25.5 Å². The van der Waals surface area contributed by atoms with Gasteiger partial charge in [-0.2, -0.15) is 0 Å². The minimum Gasteiger partial charge on any atom is -0.507 e. The summed E-state index contributed by atoms with van der Waals surface area (Å²) in [4.78, 5) is 12.1. The van der Waals surface area contributed by atoms with E-state index < -0.39 is 11.6 Å². The second kappa shape index (κ2) is 5.01. The highest BCUT2D eigenvalue weighted by Crippen LogP contribution is 2.37. The molecule has 0 saturated heterocycles. The Labute approximate surface area is 108 Å². The van der Waals surface area contributed by atoms with Gasteiger partial charge in [0, 0.05) is 0 Å². The fourth-order valence-electron chi connectivity index (χ4n) is 2.54. The number of para-hydroxylation sites is 1. The van der Waals surface area contributed by atoms with Gasteiger partial charge in [0.05, 0.1) is 0 Å². The molecule has 2 atom stereocenters. The molecular formula is C15H20O3. The molecule has 1 saturated carbocycles. The lowest BCUT2D eigenvalue weighted by atomic mass is 9.77. The highest BCUT2D eigenvalue weighted by molar-refractivity contribution is 5.92. The SMILES string of the molecule is CC1CCCCC1(C)OC(=O)c1ccccc1O. The normalized spacial score (nSPS) is 27.8. The van der Waals surface area contributed by atoms with Crippen LogP contribution in [0.1, 0.15) is 49.9 Å². The third-order valence-corrected chi connectivity index (χ3v) is 4.05. The molecule has 1 aromatic rings. The Bertz CT molecular complexity index is 441. The van der Waals surface area contributed by atoms with E-state index >= 15 is 0 Å². The summed E-state index contributed by atoms with van der Waals surface area (Å²) in [6.07, 6.45) is 4.28. The van der Waals surface area contributed by atoms with E-state index in [-0.39, 0.29) is 11.3 Å². The molecule has 0 spiro atoms. The van der Waals surface area contributed by atoms with Crippen LogP contribution in [0.5, 0.6) is 5.75 Å². The van der Waals surface area contributed by atoms with E-state index in [1.807, 2.05) is 6.92 Å². The first-order valence-electron chi connectivity index (χ1n) is 6.54. The van der Waals surface area contributed by atoms with Crippen molar-refractivity contribution in [2.75, 3.05) is 0 Å². The van der Waals surface area contributed by atoms with Crippen LogP contribution in [0.4, 0.5) is 0 Å². The lowest BCUT2D eigenvalue weighted by Crippen LogP contribution is -2.40. The maximum atomic E-state index is 12.1. The van der Waals surface area contributed by atoms with Gasteiger partial charge >= 0.3 is 5.97 Å². The number of phenols is 1. The summed E-state index contributed by atoms with van der Waals surface area (Å²) >= 11 is 0.